The Morgan fingerprint density at radius 3 is 2.37 bits per heavy atom. The Bertz CT molecular complexity index is 929. The smallest absolute Gasteiger partial charge is 0.231 e. The van der Waals surface area contributed by atoms with Gasteiger partial charge in [-0.25, -0.2) is 0 Å². The van der Waals surface area contributed by atoms with Gasteiger partial charge in [0.1, 0.15) is 0 Å². The summed E-state index contributed by atoms with van der Waals surface area (Å²) in [5, 5.41) is 2.91. The van der Waals surface area contributed by atoms with Crippen LogP contribution in [0.3, 0.4) is 0 Å². The van der Waals surface area contributed by atoms with Crippen molar-refractivity contribution in [2.45, 2.75) is 12.3 Å². The fourth-order valence-electron chi connectivity index (χ4n) is 3.52. The highest BCUT2D eigenvalue weighted by molar-refractivity contribution is 9.10. The standard InChI is InChI=1S/C19H18BrNO6/c1-23-15-5-11(17(20)19(25-3)18(15)24-2)9-6-16(22)21-12-7-14-13(4-10(9)12)26-8-27-14/h4-5,7,9H,6,8H2,1-3H3,(H,21,22). The van der Waals surface area contributed by atoms with Crippen molar-refractivity contribution in [2.75, 3.05) is 33.4 Å². The minimum atomic E-state index is -0.216. The molecule has 0 spiro atoms. The molecule has 4 rings (SSSR count). The molecule has 0 saturated heterocycles. The molecule has 1 atom stereocenters. The first kappa shape index (κ1) is 17.8. The van der Waals surface area contributed by atoms with Gasteiger partial charge >= 0.3 is 0 Å². The fraction of sp³-hybridized carbons (Fsp3) is 0.316. The molecular formula is C19H18BrNO6. The summed E-state index contributed by atoms with van der Waals surface area (Å²) in [5.41, 5.74) is 2.51. The topological polar surface area (TPSA) is 75.3 Å². The highest BCUT2D eigenvalue weighted by atomic mass is 79.9. The van der Waals surface area contributed by atoms with E-state index in [0.29, 0.717) is 38.9 Å². The number of methoxy groups -OCH3 is 3. The maximum atomic E-state index is 12.4. The summed E-state index contributed by atoms with van der Waals surface area (Å²) in [7, 11) is 4.68. The van der Waals surface area contributed by atoms with Gasteiger partial charge in [-0.05, 0) is 39.2 Å². The van der Waals surface area contributed by atoms with Crippen LogP contribution in [0.2, 0.25) is 0 Å². The highest BCUT2D eigenvalue weighted by Crippen LogP contribution is 2.51. The summed E-state index contributed by atoms with van der Waals surface area (Å²) >= 11 is 3.62. The molecule has 0 saturated carbocycles. The van der Waals surface area contributed by atoms with Gasteiger partial charge in [-0.3, -0.25) is 4.79 Å². The Morgan fingerprint density at radius 2 is 1.70 bits per heavy atom. The largest absolute Gasteiger partial charge is 0.493 e. The molecular weight excluding hydrogens is 418 g/mol. The van der Waals surface area contributed by atoms with Crippen molar-refractivity contribution >= 4 is 27.5 Å². The van der Waals surface area contributed by atoms with Gasteiger partial charge in [0.05, 0.1) is 25.8 Å². The van der Waals surface area contributed by atoms with Crippen LogP contribution in [0.15, 0.2) is 22.7 Å². The van der Waals surface area contributed by atoms with Crippen LogP contribution < -0.4 is 29.0 Å². The van der Waals surface area contributed by atoms with E-state index in [1.807, 2.05) is 12.1 Å². The van der Waals surface area contributed by atoms with Gasteiger partial charge in [-0.15, -0.1) is 0 Å². The molecule has 1 unspecified atom stereocenters. The summed E-state index contributed by atoms with van der Waals surface area (Å²) in [4.78, 5) is 12.4. The van der Waals surface area contributed by atoms with Crippen LogP contribution in [0.25, 0.3) is 0 Å². The minimum absolute atomic E-state index is 0.0768. The first-order chi connectivity index (χ1) is 13.1. The normalized spacial score (nSPS) is 17.2. The van der Waals surface area contributed by atoms with E-state index < -0.39 is 0 Å². The zero-order valence-electron chi connectivity index (χ0n) is 15.1. The molecule has 0 bridgehead atoms. The van der Waals surface area contributed by atoms with Crippen molar-refractivity contribution in [1.29, 1.82) is 0 Å². The highest BCUT2D eigenvalue weighted by Gasteiger charge is 2.33. The molecule has 2 aliphatic heterocycles. The van der Waals surface area contributed by atoms with Gasteiger partial charge in [-0.2, -0.15) is 0 Å². The van der Waals surface area contributed by atoms with E-state index in [2.05, 4.69) is 21.2 Å². The lowest BCUT2D eigenvalue weighted by Crippen LogP contribution is -2.23. The van der Waals surface area contributed by atoms with E-state index in [9.17, 15) is 4.79 Å². The Balaban J connectivity index is 1.91. The third-order valence-electron chi connectivity index (χ3n) is 4.76. The monoisotopic (exact) mass is 435 g/mol. The maximum Gasteiger partial charge on any atom is 0.231 e. The number of rotatable bonds is 4. The molecule has 0 fully saturated rings. The molecule has 2 aromatic rings. The molecule has 2 aromatic carbocycles. The molecule has 27 heavy (non-hydrogen) atoms. The molecule has 0 aromatic heterocycles. The predicted octanol–water partition coefficient (Wildman–Crippen LogP) is 3.68. The molecule has 0 aliphatic carbocycles. The molecule has 1 amide bonds. The number of hydrogen-bond donors (Lipinski definition) is 1. The zero-order chi connectivity index (χ0) is 19.1. The second kappa shape index (κ2) is 6.84. The van der Waals surface area contributed by atoms with Crippen LogP contribution in [0.4, 0.5) is 5.69 Å². The predicted molar refractivity (Wildman–Crippen MR) is 101 cm³/mol. The Morgan fingerprint density at radius 1 is 1.00 bits per heavy atom. The molecule has 2 aliphatic rings. The molecule has 2 heterocycles. The van der Waals surface area contributed by atoms with Crippen molar-refractivity contribution in [1.82, 2.24) is 0 Å². The van der Waals surface area contributed by atoms with Gasteiger partial charge in [-0.1, -0.05) is 0 Å². The van der Waals surface area contributed by atoms with E-state index >= 15 is 0 Å². The third-order valence-corrected chi connectivity index (χ3v) is 5.57. The summed E-state index contributed by atoms with van der Waals surface area (Å²) in [6.07, 6.45) is 0.282. The maximum absolute atomic E-state index is 12.4. The molecule has 1 N–H and O–H groups in total. The van der Waals surface area contributed by atoms with E-state index in [1.54, 1.807) is 27.4 Å². The number of amides is 1. The Labute approximate surface area is 164 Å². The van der Waals surface area contributed by atoms with Gasteiger partial charge in [0.15, 0.2) is 23.0 Å². The van der Waals surface area contributed by atoms with E-state index in [-0.39, 0.29) is 25.0 Å². The lowest BCUT2D eigenvalue weighted by Gasteiger charge is -2.28. The second-order valence-electron chi connectivity index (χ2n) is 6.15. The van der Waals surface area contributed by atoms with Crippen LogP contribution >= 0.6 is 15.9 Å². The van der Waals surface area contributed by atoms with Gasteiger partial charge < -0.3 is 29.0 Å². The molecule has 0 radical (unpaired) electrons. The van der Waals surface area contributed by atoms with Crippen molar-refractivity contribution in [3.05, 3.63) is 33.8 Å². The zero-order valence-corrected chi connectivity index (χ0v) is 16.6. The van der Waals surface area contributed by atoms with E-state index in [0.717, 1.165) is 11.1 Å². The summed E-state index contributed by atoms with van der Waals surface area (Å²) in [6.45, 7) is 0.171. The number of ether oxygens (including phenoxy) is 5. The number of anilines is 1. The first-order valence-electron chi connectivity index (χ1n) is 8.29. The number of carbonyl (C=O) groups excluding carboxylic acids is 1. The Kier molecular flexibility index (Phi) is 4.51. The first-order valence-corrected chi connectivity index (χ1v) is 9.08. The number of nitrogens with one attached hydrogen (secondary N) is 1. The van der Waals surface area contributed by atoms with Crippen molar-refractivity contribution in [3.63, 3.8) is 0 Å². The number of fused-ring (bicyclic) bond motifs is 2. The molecule has 142 valence electrons. The van der Waals surface area contributed by atoms with Crippen LogP contribution in [0, 0.1) is 0 Å². The molecule has 7 nitrogen and oxygen atoms in total. The molecule has 8 heteroatoms. The minimum Gasteiger partial charge on any atom is -0.493 e. The third kappa shape index (κ3) is 2.84. The van der Waals surface area contributed by atoms with Crippen LogP contribution in [0.1, 0.15) is 23.5 Å². The lowest BCUT2D eigenvalue weighted by molar-refractivity contribution is -0.116. The number of carbonyl (C=O) groups is 1. The lowest BCUT2D eigenvalue weighted by atomic mass is 9.84. The van der Waals surface area contributed by atoms with Crippen LogP contribution in [-0.2, 0) is 4.79 Å². The quantitative estimate of drug-likeness (QED) is 0.789. The van der Waals surface area contributed by atoms with E-state index in [1.165, 1.54) is 0 Å². The van der Waals surface area contributed by atoms with Gasteiger partial charge in [0.25, 0.3) is 0 Å². The van der Waals surface area contributed by atoms with Crippen LogP contribution in [-0.4, -0.2) is 34.0 Å². The summed E-state index contributed by atoms with van der Waals surface area (Å²) in [6, 6.07) is 5.58. The number of halogens is 1. The van der Waals surface area contributed by atoms with Crippen LogP contribution in [0.5, 0.6) is 28.7 Å². The summed E-state index contributed by atoms with van der Waals surface area (Å²) < 4.78 is 28.1. The second-order valence-corrected chi connectivity index (χ2v) is 6.94. The van der Waals surface area contributed by atoms with Crippen molar-refractivity contribution in [3.8, 4) is 28.7 Å². The fourth-order valence-corrected chi connectivity index (χ4v) is 4.25. The number of hydrogen-bond acceptors (Lipinski definition) is 6. The Hall–Kier alpha value is -2.61. The average molecular weight is 436 g/mol. The average Bonchev–Trinajstić information content (AvgIpc) is 3.12. The summed E-state index contributed by atoms with van der Waals surface area (Å²) in [5.74, 6) is 2.53. The number of benzene rings is 2. The SMILES string of the molecule is COc1cc(C2CC(=O)Nc3cc4c(cc32)OCO4)c(Br)c(OC)c1OC. The van der Waals surface area contributed by atoms with Crippen molar-refractivity contribution in [2.24, 2.45) is 0 Å². The van der Waals surface area contributed by atoms with E-state index in [4.69, 9.17) is 23.7 Å². The van der Waals surface area contributed by atoms with Gasteiger partial charge in [0, 0.05) is 24.1 Å². The van der Waals surface area contributed by atoms with Crippen molar-refractivity contribution < 1.29 is 28.5 Å². The van der Waals surface area contributed by atoms with Gasteiger partial charge in [0.2, 0.25) is 18.4 Å².